The number of rotatable bonds is 5. The van der Waals surface area contributed by atoms with Crippen LogP contribution in [-0.2, 0) is 4.74 Å². The molecule has 0 amide bonds. The minimum Gasteiger partial charge on any atom is -0.390 e. The highest BCUT2D eigenvalue weighted by Gasteiger charge is 2.41. The van der Waals surface area contributed by atoms with Gasteiger partial charge >= 0.3 is 0 Å². The number of ether oxygens (including phenoxy) is 1. The van der Waals surface area contributed by atoms with Gasteiger partial charge in [-0.25, -0.2) is 26.3 Å². The van der Waals surface area contributed by atoms with E-state index in [1.807, 2.05) is 62.3 Å². The Hall–Kier alpha value is -0.500. The first-order valence-corrected chi connectivity index (χ1v) is 13.4. The van der Waals surface area contributed by atoms with Gasteiger partial charge in [0, 0.05) is 12.8 Å². The predicted octanol–water partition coefficient (Wildman–Crippen LogP) is 10.5. The lowest BCUT2D eigenvalue weighted by Crippen LogP contribution is -2.47. The number of aliphatic hydroxyl groups excluding tert-OH is 1. The number of hydrogen-bond donors (Lipinski definition) is 1. The lowest BCUT2D eigenvalue weighted by Gasteiger charge is -2.38. The minimum atomic E-state index is -2.92. The van der Waals surface area contributed by atoms with E-state index in [0.29, 0.717) is 26.1 Å². The van der Waals surface area contributed by atoms with Crippen molar-refractivity contribution < 1.29 is 36.2 Å². The van der Waals surface area contributed by atoms with Crippen molar-refractivity contribution in [3.63, 3.8) is 0 Å². The van der Waals surface area contributed by atoms with Gasteiger partial charge in [-0.2, -0.15) is 0 Å². The number of hydrogen-bond acceptors (Lipinski definition) is 2. The Bertz CT molecular complexity index is 545. The molecule has 0 radical (unpaired) electrons. The fraction of sp³-hybridized carbons (Fsp3) is 1.00. The Morgan fingerprint density at radius 2 is 0.921 bits per heavy atom. The molecule has 1 rings (SSSR count). The molecule has 1 aliphatic heterocycles. The Labute approximate surface area is 230 Å². The second-order valence-corrected chi connectivity index (χ2v) is 16.4. The molecule has 1 aliphatic rings. The molecular formula is C30H60F6O2. The summed E-state index contributed by atoms with van der Waals surface area (Å²) in [6.45, 7) is 26.6. The third-order valence-electron chi connectivity index (χ3n) is 4.38. The van der Waals surface area contributed by atoms with Crippen LogP contribution in [0.3, 0.4) is 0 Å². The standard InChI is InChI=1S/C8H15FO.C8H17F.C7H14F2O.C7H14F2/c1-7(2,3)4-8(9)5-10-6-8;1-7(2,3)6-8(4,5)9;1-6(2,3)4-7(8,9)5-10;1-6(2,3)5-7(4,8)9/h4-6H2,1-3H3;6H2,1-5H3;10H,4-5H2,1-3H3;5H2,1-4H3. The lowest BCUT2D eigenvalue weighted by molar-refractivity contribution is -0.145. The van der Waals surface area contributed by atoms with Crippen molar-refractivity contribution in [1.82, 2.24) is 0 Å². The molecule has 0 aromatic heterocycles. The first kappa shape index (κ1) is 42.0. The van der Waals surface area contributed by atoms with Gasteiger partial charge in [0.25, 0.3) is 5.92 Å². The van der Waals surface area contributed by atoms with Gasteiger partial charge in [-0.05, 0) is 55.3 Å². The van der Waals surface area contributed by atoms with E-state index >= 15 is 0 Å². The van der Waals surface area contributed by atoms with Crippen molar-refractivity contribution in [2.24, 2.45) is 21.7 Å². The van der Waals surface area contributed by atoms with Gasteiger partial charge in [-0.1, -0.05) is 83.1 Å². The maximum Gasteiger partial charge on any atom is 0.271 e. The molecule has 0 atom stereocenters. The van der Waals surface area contributed by atoms with Crippen LogP contribution in [0.5, 0.6) is 0 Å². The number of alkyl halides is 6. The summed E-state index contributed by atoms with van der Waals surface area (Å²) in [5, 5.41) is 8.21. The van der Waals surface area contributed by atoms with Crippen molar-refractivity contribution in [1.29, 1.82) is 0 Å². The van der Waals surface area contributed by atoms with Crippen molar-refractivity contribution in [2.45, 2.75) is 153 Å². The number of aliphatic hydroxyl groups is 1. The molecule has 1 fully saturated rings. The quantitative estimate of drug-likeness (QED) is 0.335. The highest BCUT2D eigenvalue weighted by atomic mass is 19.3. The molecule has 0 unspecified atom stereocenters. The molecule has 1 saturated heterocycles. The van der Waals surface area contributed by atoms with Crippen LogP contribution in [0.25, 0.3) is 0 Å². The van der Waals surface area contributed by atoms with Crippen LogP contribution in [0.4, 0.5) is 26.3 Å². The van der Waals surface area contributed by atoms with Crippen LogP contribution in [0, 0.1) is 21.7 Å². The van der Waals surface area contributed by atoms with E-state index in [2.05, 4.69) is 0 Å². The van der Waals surface area contributed by atoms with E-state index in [4.69, 9.17) is 9.84 Å². The zero-order chi connectivity index (χ0) is 31.7. The third kappa shape index (κ3) is 35.5. The first-order chi connectivity index (χ1) is 16.1. The summed E-state index contributed by atoms with van der Waals surface area (Å²) in [5.74, 6) is -5.43. The summed E-state index contributed by atoms with van der Waals surface area (Å²) >= 11 is 0. The van der Waals surface area contributed by atoms with Crippen molar-refractivity contribution >= 4 is 0 Å². The van der Waals surface area contributed by atoms with Gasteiger partial charge in [0.2, 0.25) is 5.92 Å². The van der Waals surface area contributed by atoms with Crippen LogP contribution in [0.2, 0.25) is 0 Å². The van der Waals surface area contributed by atoms with E-state index in [-0.39, 0.29) is 29.1 Å². The molecule has 0 spiro atoms. The maximum absolute atomic E-state index is 13.3. The molecule has 0 saturated carbocycles. The van der Waals surface area contributed by atoms with Crippen molar-refractivity contribution in [2.75, 3.05) is 19.8 Å². The summed E-state index contributed by atoms with van der Waals surface area (Å²) in [7, 11) is 0. The molecule has 1 heterocycles. The Kier molecular flexibility index (Phi) is 16.5. The molecular weight excluding hydrogens is 506 g/mol. The Balaban J connectivity index is -0.000000431. The molecule has 0 bridgehead atoms. The maximum atomic E-state index is 13.3. The van der Waals surface area contributed by atoms with E-state index in [1.54, 1.807) is 34.6 Å². The molecule has 0 aromatic rings. The van der Waals surface area contributed by atoms with Crippen molar-refractivity contribution in [3.05, 3.63) is 0 Å². The van der Waals surface area contributed by atoms with Crippen LogP contribution in [-0.4, -0.2) is 48.1 Å². The third-order valence-corrected chi connectivity index (χ3v) is 4.38. The zero-order valence-electron chi connectivity index (χ0n) is 27.1. The second kappa shape index (κ2) is 14.9. The highest BCUT2D eigenvalue weighted by Crippen LogP contribution is 2.35. The smallest absolute Gasteiger partial charge is 0.271 e. The van der Waals surface area contributed by atoms with Gasteiger partial charge in [0.15, 0.2) is 5.67 Å². The molecule has 0 aliphatic carbocycles. The SMILES string of the molecule is CC(C)(C)CC(C)(C)F.CC(C)(C)CC(C)(F)F.CC(C)(C)CC(F)(F)CO.CC(C)(C)CC1(F)COC1. The summed E-state index contributed by atoms with van der Waals surface area (Å²) in [5.41, 5.74) is -2.53. The zero-order valence-corrected chi connectivity index (χ0v) is 27.1. The molecule has 8 heteroatoms. The van der Waals surface area contributed by atoms with E-state index in [0.717, 1.165) is 6.92 Å². The second-order valence-electron chi connectivity index (χ2n) is 16.4. The minimum absolute atomic E-state index is 0.0417. The Morgan fingerprint density at radius 1 is 0.579 bits per heavy atom. The van der Waals surface area contributed by atoms with Gasteiger partial charge in [-0.3, -0.25) is 0 Å². The van der Waals surface area contributed by atoms with Gasteiger partial charge < -0.3 is 9.84 Å². The summed E-state index contributed by atoms with van der Waals surface area (Å²) in [4.78, 5) is 0. The largest absolute Gasteiger partial charge is 0.390 e. The fourth-order valence-electron chi connectivity index (χ4n) is 4.40. The topological polar surface area (TPSA) is 29.5 Å². The molecule has 0 aromatic carbocycles. The summed E-state index contributed by atoms with van der Waals surface area (Å²) in [6, 6.07) is 0. The molecule has 234 valence electrons. The average Bonchev–Trinajstić information content (AvgIpc) is 2.44. The lowest BCUT2D eigenvalue weighted by atomic mass is 9.82. The predicted molar refractivity (Wildman–Crippen MR) is 149 cm³/mol. The molecule has 1 N–H and O–H groups in total. The molecule has 2 nitrogen and oxygen atoms in total. The molecule has 38 heavy (non-hydrogen) atoms. The normalized spacial score (nSPS) is 16.6. The van der Waals surface area contributed by atoms with Gasteiger partial charge in [0.1, 0.15) is 12.3 Å². The van der Waals surface area contributed by atoms with Gasteiger partial charge in [-0.15, -0.1) is 0 Å². The summed E-state index contributed by atoms with van der Waals surface area (Å²) < 4.78 is 80.2. The van der Waals surface area contributed by atoms with E-state index in [1.165, 1.54) is 0 Å². The van der Waals surface area contributed by atoms with E-state index in [9.17, 15) is 26.3 Å². The van der Waals surface area contributed by atoms with Crippen molar-refractivity contribution in [3.8, 4) is 0 Å². The first-order valence-electron chi connectivity index (χ1n) is 13.4. The van der Waals surface area contributed by atoms with Crippen LogP contribution >= 0.6 is 0 Å². The monoisotopic (exact) mass is 566 g/mol. The highest BCUT2D eigenvalue weighted by molar-refractivity contribution is 4.89. The van der Waals surface area contributed by atoms with Gasteiger partial charge in [0.05, 0.1) is 13.2 Å². The Morgan fingerprint density at radius 3 is 0.974 bits per heavy atom. The average molecular weight is 567 g/mol. The van der Waals surface area contributed by atoms with Crippen LogP contribution < -0.4 is 0 Å². The van der Waals surface area contributed by atoms with Crippen LogP contribution in [0.15, 0.2) is 0 Å². The van der Waals surface area contributed by atoms with Crippen LogP contribution in [0.1, 0.15) is 130 Å². The number of halogens is 6. The van der Waals surface area contributed by atoms with E-state index < -0.39 is 35.2 Å². The fourth-order valence-corrected chi connectivity index (χ4v) is 4.40. The summed E-state index contributed by atoms with van der Waals surface area (Å²) in [6.07, 6.45) is 0.927.